The largest absolute Gasteiger partial charge is 0.274 e. The zero-order valence-corrected chi connectivity index (χ0v) is 15.0. The number of halogens is 2. The predicted octanol–water partition coefficient (Wildman–Crippen LogP) is 4.21. The Balaban J connectivity index is 2.00. The Hall–Kier alpha value is -2.76. The van der Waals surface area contributed by atoms with Gasteiger partial charge in [-0.1, -0.05) is 32.0 Å². The summed E-state index contributed by atoms with van der Waals surface area (Å²) < 4.78 is 28.6. The summed E-state index contributed by atoms with van der Waals surface area (Å²) in [6.07, 6.45) is 0. The van der Waals surface area contributed by atoms with E-state index in [0.29, 0.717) is 22.4 Å². The Morgan fingerprint density at radius 3 is 2.31 bits per heavy atom. The van der Waals surface area contributed by atoms with Gasteiger partial charge in [0.1, 0.15) is 17.0 Å². The van der Waals surface area contributed by atoms with E-state index in [9.17, 15) is 8.78 Å². The van der Waals surface area contributed by atoms with Gasteiger partial charge in [-0.3, -0.25) is 4.99 Å². The quantitative estimate of drug-likeness (QED) is 0.659. The van der Waals surface area contributed by atoms with E-state index in [-0.39, 0.29) is 17.2 Å². The lowest BCUT2D eigenvalue weighted by Crippen LogP contribution is -2.47. The van der Waals surface area contributed by atoms with Gasteiger partial charge < -0.3 is 0 Å². The molecule has 0 saturated heterocycles. The molecular formula is C20H18F2N4. The fourth-order valence-electron chi connectivity index (χ4n) is 3.34. The molecule has 1 aromatic heterocycles. The maximum absolute atomic E-state index is 14.7. The molecule has 0 amide bonds. The van der Waals surface area contributed by atoms with E-state index in [0.717, 1.165) is 0 Å². The minimum absolute atomic E-state index is 0.103. The fraction of sp³-hybridized carbons (Fsp3) is 0.300. The van der Waals surface area contributed by atoms with E-state index in [2.05, 4.69) is 15.2 Å². The van der Waals surface area contributed by atoms with Crippen LogP contribution in [-0.2, 0) is 5.41 Å². The van der Waals surface area contributed by atoms with Crippen molar-refractivity contribution in [1.29, 1.82) is 0 Å². The minimum atomic E-state index is -0.586. The summed E-state index contributed by atoms with van der Waals surface area (Å²) in [4.78, 5) is 9.27. The van der Waals surface area contributed by atoms with E-state index in [1.807, 2.05) is 33.8 Å². The first-order valence-electron chi connectivity index (χ1n) is 8.41. The van der Waals surface area contributed by atoms with Gasteiger partial charge in [-0.15, -0.1) is 10.2 Å². The van der Waals surface area contributed by atoms with Gasteiger partial charge in [0, 0.05) is 16.5 Å². The van der Waals surface area contributed by atoms with Crippen LogP contribution >= 0.6 is 0 Å². The highest BCUT2D eigenvalue weighted by molar-refractivity contribution is 6.13. The van der Waals surface area contributed by atoms with Crippen molar-refractivity contribution in [3.8, 4) is 0 Å². The number of hydrogen-bond acceptors (Lipinski definition) is 4. The molecule has 0 N–H and O–H groups in total. The van der Waals surface area contributed by atoms with E-state index >= 15 is 0 Å². The van der Waals surface area contributed by atoms with Crippen LogP contribution in [0.1, 0.15) is 44.6 Å². The first-order chi connectivity index (χ1) is 12.2. The van der Waals surface area contributed by atoms with Crippen molar-refractivity contribution in [3.05, 3.63) is 65.0 Å². The summed E-state index contributed by atoms with van der Waals surface area (Å²) in [6, 6.07) is 9.46. The lowest BCUT2D eigenvalue weighted by Gasteiger charge is -2.44. The Bertz CT molecular complexity index is 1070. The topological polar surface area (TPSA) is 51.0 Å². The van der Waals surface area contributed by atoms with Gasteiger partial charge in [-0.25, -0.2) is 13.8 Å². The third-order valence-electron chi connectivity index (χ3n) is 5.46. The highest BCUT2D eigenvalue weighted by atomic mass is 19.1. The van der Waals surface area contributed by atoms with Gasteiger partial charge >= 0.3 is 0 Å². The third-order valence-corrected chi connectivity index (χ3v) is 5.46. The van der Waals surface area contributed by atoms with Gasteiger partial charge in [0.05, 0.1) is 11.1 Å². The van der Waals surface area contributed by atoms with Gasteiger partial charge in [0.2, 0.25) is 5.82 Å². The Morgan fingerprint density at radius 1 is 0.846 bits per heavy atom. The SMILES string of the molecule is CC1(C)N=C(c2nnc3c(F)cccc3n2)c2cccc(F)c2C1(C)C. The van der Waals surface area contributed by atoms with Gasteiger partial charge in [0.15, 0.2) is 5.82 Å². The Morgan fingerprint density at radius 2 is 1.54 bits per heavy atom. The molecule has 3 aromatic rings. The van der Waals surface area contributed by atoms with Gasteiger partial charge in [-0.05, 0) is 32.0 Å². The number of benzene rings is 2. The molecule has 26 heavy (non-hydrogen) atoms. The monoisotopic (exact) mass is 352 g/mol. The van der Waals surface area contributed by atoms with Gasteiger partial charge in [-0.2, -0.15) is 0 Å². The summed E-state index contributed by atoms with van der Waals surface area (Å²) in [5, 5.41) is 8.05. The molecule has 6 heteroatoms. The molecule has 0 unspecified atom stereocenters. The smallest absolute Gasteiger partial charge is 0.201 e. The second-order valence-electron chi connectivity index (χ2n) is 7.55. The second kappa shape index (κ2) is 5.37. The zero-order valence-electron chi connectivity index (χ0n) is 15.0. The lowest BCUT2D eigenvalue weighted by molar-refractivity contribution is 0.293. The Kier molecular flexibility index (Phi) is 3.45. The second-order valence-corrected chi connectivity index (χ2v) is 7.55. The van der Waals surface area contributed by atoms with Crippen LogP contribution in [0.15, 0.2) is 41.4 Å². The molecule has 132 valence electrons. The first kappa shape index (κ1) is 16.7. The van der Waals surface area contributed by atoms with Crippen molar-refractivity contribution in [3.63, 3.8) is 0 Å². The lowest BCUT2D eigenvalue weighted by atomic mass is 9.66. The number of aliphatic imine (C=N–C) groups is 1. The van der Waals surface area contributed by atoms with Gasteiger partial charge in [0.25, 0.3) is 0 Å². The van der Waals surface area contributed by atoms with Crippen molar-refractivity contribution < 1.29 is 8.78 Å². The van der Waals surface area contributed by atoms with E-state index in [4.69, 9.17) is 4.99 Å². The summed E-state index contributed by atoms with van der Waals surface area (Å²) in [5.41, 5.74) is 1.09. The van der Waals surface area contributed by atoms with E-state index in [1.165, 1.54) is 12.1 Å². The van der Waals surface area contributed by atoms with Crippen LogP contribution in [0.2, 0.25) is 0 Å². The molecule has 0 bridgehead atoms. The number of aromatic nitrogens is 3. The molecule has 4 nitrogen and oxygen atoms in total. The van der Waals surface area contributed by atoms with Crippen molar-refractivity contribution in [2.45, 2.75) is 38.6 Å². The van der Waals surface area contributed by atoms with Crippen molar-refractivity contribution in [2.24, 2.45) is 4.99 Å². The van der Waals surface area contributed by atoms with Crippen LogP contribution in [0.4, 0.5) is 8.78 Å². The van der Waals surface area contributed by atoms with Crippen molar-refractivity contribution in [1.82, 2.24) is 15.2 Å². The molecule has 1 aliphatic heterocycles. The molecule has 0 spiro atoms. The number of nitrogens with zero attached hydrogens (tertiary/aromatic N) is 4. The molecule has 1 aliphatic rings. The molecule has 0 fully saturated rings. The molecule has 0 atom stereocenters. The molecule has 0 aliphatic carbocycles. The Labute approximate surface area is 150 Å². The van der Waals surface area contributed by atoms with Crippen LogP contribution in [0.5, 0.6) is 0 Å². The van der Waals surface area contributed by atoms with Crippen LogP contribution in [-0.4, -0.2) is 26.4 Å². The fourth-order valence-corrected chi connectivity index (χ4v) is 3.34. The van der Waals surface area contributed by atoms with E-state index in [1.54, 1.807) is 18.2 Å². The average Bonchev–Trinajstić information content (AvgIpc) is 2.58. The van der Waals surface area contributed by atoms with Crippen LogP contribution in [0.3, 0.4) is 0 Å². The standard InChI is InChI=1S/C20H18F2N4/c1-19(2)15-11(7-5-8-12(15)21)16(24-20(19,3)4)18-23-14-10-6-9-13(22)17(14)25-26-18/h5-10H,1-4H3. The predicted molar refractivity (Wildman–Crippen MR) is 96.4 cm³/mol. The maximum atomic E-state index is 14.7. The molecule has 0 radical (unpaired) electrons. The molecule has 4 rings (SSSR count). The van der Waals surface area contributed by atoms with Crippen LogP contribution in [0, 0.1) is 11.6 Å². The van der Waals surface area contributed by atoms with Crippen molar-refractivity contribution in [2.75, 3.05) is 0 Å². The normalized spacial score (nSPS) is 17.7. The average molecular weight is 352 g/mol. The zero-order chi connectivity index (χ0) is 18.7. The minimum Gasteiger partial charge on any atom is -0.274 e. The van der Waals surface area contributed by atoms with E-state index < -0.39 is 16.8 Å². The summed E-state index contributed by atoms with van der Waals surface area (Å²) >= 11 is 0. The molecule has 2 heterocycles. The number of rotatable bonds is 1. The van der Waals surface area contributed by atoms with Crippen molar-refractivity contribution >= 4 is 16.7 Å². The molecular weight excluding hydrogens is 334 g/mol. The van der Waals surface area contributed by atoms with Crippen LogP contribution in [0.25, 0.3) is 11.0 Å². The summed E-state index contributed by atoms with van der Waals surface area (Å²) in [7, 11) is 0. The summed E-state index contributed by atoms with van der Waals surface area (Å²) in [6.45, 7) is 7.86. The maximum Gasteiger partial charge on any atom is 0.201 e. The number of fused-ring (bicyclic) bond motifs is 2. The highest BCUT2D eigenvalue weighted by Gasteiger charge is 2.46. The van der Waals surface area contributed by atoms with Crippen LogP contribution < -0.4 is 0 Å². The molecule has 0 saturated carbocycles. The highest BCUT2D eigenvalue weighted by Crippen LogP contribution is 2.44. The number of hydrogen-bond donors (Lipinski definition) is 0. The summed E-state index contributed by atoms with van der Waals surface area (Å²) in [5.74, 6) is -0.501. The first-order valence-corrected chi connectivity index (χ1v) is 8.41. The third kappa shape index (κ3) is 2.25. The molecule has 2 aromatic carbocycles.